The Kier molecular flexibility index (Phi) is 8.31. The second-order valence-electron chi connectivity index (χ2n) is 8.74. The molecule has 2 amide bonds. The van der Waals surface area contributed by atoms with Gasteiger partial charge in [-0.3, -0.25) is 9.59 Å². The number of amides is 2. The Hall–Kier alpha value is -3.41. The molecule has 1 aliphatic heterocycles. The maximum absolute atomic E-state index is 13.3. The molecule has 1 aliphatic rings. The molecule has 2 aromatic carbocycles. The van der Waals surface area contributed by atoms with Crippen LogP contribution in [0.5, 0.6) is 0 Å². The first-order valence-electron chi connectivity index (χ1n) is 11.3. The molecule has 3 rings (SSSR count). The predicted octanol–water partition coefficient (Wildman–Crippen LogP) is 4.99. The van der Waals surface area contributed by atoms with Gasteiger partial charge in [0.2, 0.25) is 11.8 Å². The maximum Gasteiger partial charge on any atom is 0.416 e. The van der Waals surface area contributed by atoms with Crippen molar-refractivity contribution < 1.29 is 40.3 Å². The Bertz CT molecular complexity index is 1120. The number of piperidine rings is 1. The van der Waals surface area contributed by atoms with Gasteiger partial charge in [0.1, 0.15) is 11.4 Å². The van der Waals surface area contributed by atoms with Crippen LogP contribution in [0.15, 0.2) is 48.5 Å². The van der Waals surface area contributed by atoms with Gasteiger partial charge < -0.3 is 16.0 Å². The Labute approximate surface area is 208 Å². The molecule has 1 heterocycles. The average molecular weight is 531 g/mol. The van der Waals surface area contributed by atoms with Crippen LogP contribution in [0.25, 0.3) is 6.08 Å². The van der Waals surface area contributed by atoms with Crippen molar-refractivity contribution in [3.05, 3.63) is 76.6 Å². The fourth-order valence-electron chi connectivity index (χ4n) is 3.93. The molecule has 0 saturated carbocycles. The van der Waals surface area contributed by atoms with Crippen molar-refractivity contribution in [1.29, 1.82) is 0 Å². The lowest BCUT2D eigenvalue weighted by molar-refractivity contribution is -0.143. The highest BCUT2D eigenvalue weighted by molar-refractivity contribution is 5.97. The van der Waals surface area contributed by atoms with Gasteiger partial charge in [-0.15, -0.1) is 0 Å². The van der Waals surface area contributed by atoms with E-state index in [4.69, 9.17) is 0 Å². The van der Waals surface area contributed by atoms with Gasteiger partial charge in [0.05, 0.1) is 17.2 Å². The molecule has 0 aliphatic carbocycles. The molecule has 0 spiro atoms. The van der Waals surface area contributed by atoms with Crippen LogP contribution in [0.1, 0.15) is 48.1 Å². The summed E-state index contributed by atoms with van der Waals surface area (Å²) in [5, 5.41) is 8.13. The first-order chi connectivity index (χ1) is 17.2. The number of halogens is 7. The van der Waals surface area contributed by atoms with Crippen molar-refractivity contribution >= 4 is 17.9 Å². The van der Waals surface area contributed by atoms with E-state index < -0.39 is 52.7 Å². The third-order valence-electron chi connectivity index (χ3n) is 6.01. The molecule has 2 aromatic rings. The molecular weight excluding hydrogens is 507 g/mol. The van der Waals surface area contributed by atoms with Crippen LogP contribution in [0.3, 0.4) is 0 Å². The highest BCUT2D eigenvalue weighted by atomic mass is 19.4. The number of benzene rings is 2. The molecule has 1 atom stereocenters. The normalized spacial score (nSPS) is 16.9. The molecule has 200 valence electrons. The van der Waals surface area contributed by atoms with E-state index in [-0.39, 0.29) is 24.5 Å². The van der Waals surface area contributed by atoms with Crippen molar-refractivity contribution in [2.24, 2.45) is 0 Å². The maximum atomic E-state index is 13.3. The summed E-state index contributed by atoms with van der Waals surface area (Å²) in [4.78, 5) is 25.9. The van der Waals surface area contributed by atoms with Crippen molar-refractivity contribution in [3.8, 4) is 0 Å². The zero-order valence-electron chi connectivity index (χ0n) is 19.6. The minimum atomic E-state index is -5.03. The summed E-state index contributed by atoms with van der Waals surface area (Å²) in [6.45, 7) is 1.94. The van der Waals surface area contributed by atoms with Crippen molar-refractivity contribution in [3.63, 3.8) is 0 Å². The fraction of sp³-hybridized carbons (Fsp3) is 0.360. The van der Waals surface area contributed by atoms with Crippen LogP contribution in [0, 0.1) is 5.82 Å². The Morgan fingerprint density at radius 1 is 0.946 bits per heavy atom. The summed E-state index contributed by atoms with van der Waals surface area (Å²) in [7, 11) is 0. The molecule has 0 bridgehead atoms. The van der Waals surface area contributed by atoms with E-state index in [2.05, 4.69) is 16.0 Å². The number of carbonyl (C=O) groups is 2. The first kappa shape index (κ1) is 28.2. The van der Waals surface area contributed by atoms with Crippen LogP contribution >= 0.6 is 0 Å². The fourth-order valence-corrected chi connectivity index (χ4v) is 3.93. The van der Waals surface area contributed by atoms with E-state index in [0.717, 1.165) is 6.08 Å². The average Bonchev–Trinajstić information content (AvgIpc) is 2.83. The standard InChI is InChI=1S/C25H24F7N3O2/c1-15(17-12-18(24(27,28)29)14-19(13-17)25(30,31)32)34-22(37)23(8-10-33-11-9-23)35-21(36)7-4-16-2-5-20(26)6-3-16/h2-7,12-15,33H,8-11H2,1H3,(H,34,37)(H,35,36)/t15-/m1/s1. The number of alkyl halides is 6. The summed E-state index contributed by atoms with van der Waals surface area (Å²) >= 11 is 0. The molecule has 12 heteroatoms. The summed E-state index contributed by atoms with van der Waals surface area (Å²) in [5.41, 5.74) is -4.29. The van der Waals surface area contributed by atoms with Gasteiger partial charge in [0.25, 0.3) is 0 Å². The minimum absolute atomic E-state index is 0.0139. The van der Waals surface area contributed by atoms with Crippen LogP contribution in [-0.2, 0) is 21.9 Å². The number of hydrogen-bond acceptors (Lipinski definition) is 3. The molecular formula is C25H24F7N3O2. The number of carbonyl (C=O) groups excluding carboxylic acids is 2. The SMILES string of the molecule is C[C@@H](NC(=O)C1(NC(=O)C=Cc2ccc(F)cc2)CCNCC1)c1cc(C(F)(F)F)cc(C(F)(F)F)c1. The van der Waals surface area contributed by atoms with Crippen molar-refractivity contribution in [2.45, 2.75) is 43.7 Å². The first-order valence-corrected chi connectivity index (χ1v) is 11.3. The minimum Gasteiger partial charge on any atom is -0.348 e. The lowest BCUT2D eigenvalue weighted by Gasteiger charge is -2.37. The molecule has 0 unspecified atom stereocenters. The predicted molar refractivity (Wildman–Crippen MR) is 121 cm³/mol. The van der Waals surface area contributed by atoms with E-state index in [1.54, 1.807) is 0 Å². The van der Waals surface area contributed by atoms with E-state index in [9.17, 15) is 40.3 Å². The molecule has 0 aromatic heterocycles. The Morgan fingerprint density at radius 3 is 2.00 bits per heavy atom. The molecule has 1 fully saturated rings. The zero-order valence-corrected chi connectivity index (χ0v) is 19.6. The van der Waals surface area contributed by atoms with Crippen LogP contribution in [0.2, 0.25) is 0 Å². The van der Waals surface area contributed by atoms with Gasteiger partial charge in [-0.1, -0.05) is 12.1 Å². The highest BCUT2D eigenvalue weighted by Gasteiger charge is 2.42. The molecule has 1 saturated heterocycles. The topological polar surface area (TPSA) is 70.2 Å². The van der Waals surface area contributed by atoms with Gasteiger partial charge >= 0.3 is 12.4 Å². The number of nitrogens with one attached hydrogen (secondary N) is 3. The largest absolute Gasteiger partial charge is 0.416 e. The van der Waals surface area contributed by atoms with E-state index >= 15 is 0 Å². The summed E-state index contributed by atoms with van der Waals surface area (Å²) < 4.78 is 92.5. The Balaban J connectivity index is 1.82. The Morgan fingerprint density at radius 2 is 1.49 bits per heavy atom. The van der Waals surface area contributed by atoms with Gasteiger partial charge in [-0.05, 0) is 80.4 Å². The smallest absolute Gasteiger partial charge is 0.348 e. The number of rotatable bonds is 6. The lowest BCUT2D eigenvalue weighted by Crippen LogP contribution is -2.62. The van der Waals surface area contributed by atoms with Crippen molar-refractivity contribution in [1.82, 2.24) is 16.0 Å². The van der Waals surface area contributed by atoms with E-state index in [0.29, 0.717) is 30.8 Å². The quantitative estimate of drug-likeness (QED) is 0.363. The van der Waals surface area contributed by atoms with Crippen molar-refractivity contribution in [2.75, 3.05) is 13.1 Å². The molecule has 37 heavy (non-hydrogen) atoms. The van der Waals surface area contributed by atoms with Gasteiger partial charge in [-0.2, -0.15) is 26.3 Å². The molecule has 5 nitrogen and oxygen atoms in total. The van der Waals surface area contributed by atoms with Gasteiger partial charge in [-0.25, -0.2) is 4.39 Å². The van der Waals surface area contributed by atoms with E-state index in [1.807, 2.05) is 0 Å². The summed E-state index contributed by atoms with van der Waals surface area (Å²) in [5.74, 6) is -1.84. The van der Waals surface area contributed by atoms with Crippen LogP contribution in [-0.4, -0.2) is 30.4 Å². The molecule has 3 N–H and O–H groups in total. The summed E-state index contributed by atoms with van der Waals surface area (Å²) in [6.07, 6.45) is -7.22. The second-order valence-corrected chi connectivity index (χ2v) is 8.74. The monoisotopic (exact) mass is 531 g/mol. The summed E-state index contributed by atoms with van der Waals surface area (Å²) in [6, 6.07) is 5.20. The third-order valence-corrected chi connectivity index (χ3v) is 6.01. The molecule has 0 radical (unpaired) electrons. The highest BCUT2D eigenvalue weighted by Crippen LogP contribution is 2.37. The zero-order chi connectivity index (χ0) is 27.4. The van der Waals surface area contributed by atoms with Gasteiger partial charge in [0, 0.05) is 6.08 Å². The van der Waals surface area contributed by atoms with Crippen LogP contribution < -0.4 is 16.0 Å². The van der Waals surface area contributed by atoms with Gasteiger partial charge in [0.15, 0.2) is 0 Å². The third kappa shape index (κ3) is 7.31. The number of hydrogen-bond donors (Lipinski definition) is 3. The van der Waals surface area contributed by atoms with Crippen LogP contribution in [0.4, 0.5) is 30.7 Å². The second kappa shape index (κ2) is 10.9. The van der Waals surface area contributed by atoms with E-state index in [1.165, 1.54) is 37.3 Å². The lowest BCUT2D eigenvalue weighted by atomic mass is 9.86.